The van der Waals surface area contributed by atoms with Gasteiger partial charge in [-0.2, -0.15) is 5.26 Å². The molecule has 0 saturated heterocycles. The molecule has 2 aromatic rings. The van der Waals surface area contributed by atoms with Gasteiger partial charge in [-0.3, -0.25) is 0 Å². The van der Waals surface area contributed by atoms with Crippen LogP contribution in [0.2, 0.25) is 0 Å². The second-order valence-electron chi connectivity index (χ2n) is 3.95. The number of anilines is 3. The van der Waals surface area contributed by atoms with Crippen LogP contribution in [0.3, 0.4) is 0 Å². The molecule has 3 nitrogen and oxygen atoms in total. The first-order chi connectivity index (χ1) is 8.61. The van der Waals surface area contributed by atoms with Gasteiger partial charge in [0.2, 0.25) is 0 Å². The van der Waals surface area contributed by atoms with Crippen LogP contribution in [0.25, 0.3) is 0 Å². The number of hydrogen-bond donors (Lipinski definition) is 2. The minimum atomic E-state index is 0.597. The Hall–Kier alpha value is -1.99. The van der Waals surface area contributed by atoms with Gasteiger partial charge >= 0.3 is 0 Å². The smallest absolute Gasteiger partial charge is 0.101 e. The zero-order chi connectivity index (χ0) is 13.1. The average molecular weight is 302 g/mol. The Kier molecular flexibility index (Phi) is 3.54. The van der Waals surface area contributed by atoms with Crippen LogP contribution in [0.4, 0.5) is 17.1 Å². The maximum Gasteiger partial charge on any atom is 0.101 e. The number of nitrogens with one attached hydrogen (secondary N) is 1. The fraction of sp³-hybridized carbons (Fsp3) is 0.0714. The van der Waals surface area contributed by atoms with Crippen LogP contribution in [0.1, 0.15) is 11.1 Å². The monoisotopic (exact) mass is 301 g/mol. The van der Waals surface area contributed by atoms with Gasteiger partial charge < -0.3 is 11.1 Å². The first kappa shape index (κ1) is 12.5. The molecule has 0 unspecified atom stereocenters. The van der Waals surface area contributed by atoms with Crippen LogP contribution in [0.5, 0.6) is 0 Å². The Morgan fingerprint density at radius 2 is 2.00 bits per heavy atom. The molecule has 0 fully saturated rings. The minimum Gasteiger partial charge on any atom is -0.398 e. The Balaban J connectivity index is 2.43. The Morgan fingerprint density at radius 3 is 2.72 bits per heavy atom. The van der Waals surface area contributed by atoms with Crippen molar-refractivity contribution < 1.29 is 0 Å². The van der Waals surface area contributed by atoms with Gasteiger partial charge in [0, 0.05) is 15.8 Å². The molecule has 0 amide bonds. The largest absolute Gasteiger partial charge is 0.398 e. The number of hydrogen-bond acceptors (Lipinski definition) is 3. The molecule has 3 N–H and O–H groups in total. The Morgan fingerprint density at radius 1 is 1.22 bits per heavy atom. The zero-order valence-corrected chi connectivity index (χ0v) is 11.5. The van der Waals surface area contributed by atoms with E-state index in [4.69, 9.17) is 11.0 Å². The van der Waals surface area contributed by atoms with Gasteiger partial charge in [-0.05, 0) is 42.8 Å². The third-order valence-corrected chi connectivity index (χ3v) is 3.24. The lowest BCUT2D eigenvalue weighted by atomic mass is 10.1. The van der Waals surface area contributed by atoms with E-state index in [1.54, 1.807) is 6.07 Å². The number of benzene rings is 2. The van der Waals surface area contributed by atoms with E-state index in [1.807, 2.05) is 37.3 Å². The lowest BCUT2D eigenvalue weighted by Crippen LogP contribution is -1.98. The summed E-state index contributed by atoms with van der Waals surface area (Å²) in [6.45, 7) is 1.95. The zero-order valence-electron chi connectivity index (χ0n) is 9.87. The van der Waals surface area contributed by atoms with Gasteiger partial charge in [0.15, 0.2) is 0 Å². The van der Waals surface area contributed by atoms with Gasteiger partial charge in [0.25, 0.3) is 0 Å². The summed E-state index contributed by atoms with van der Waals surface area (Å²) in [5.41, 5.74) is 9.83. The number of nitrogens with two attached hydrogens (primary N) is 1. The highest BCUT2D eigenvalue weighted by Crippen LogP contribution is 2.28. The van der Waals surface area contributed by atoms with Crippen molar-refractivity contribution in [2.45, 2.75) is 6.92 Å². The summed E-state index contributed by atoms with van der Waals surface area (Å²) in [6, 6.07) is 13.3. The van der Waals surface area contributed by atoms with Crippen molar-refractivity contribution in [2.24, 2.45) is 0 Å². The van der Waals surface area contributed by atoms with E-state index in [0.717, 1.165) is 27.1 Å². The van der Waals surface area contributed by atoms with E-state index in [1.165, 1.54) is 0 Å². The SMILES string of the molecule is Cc1c(N)cccc1Nc1cc(Br)ccc1C#N. The molecular weight excluding hydrogens is 290 g/mol. The van der Waals surface area contributed by atoms with Crippen LogP contribution < -0.4 is 11.1 Å². The van der Waals surface area contributed by atoms with Gasteiger partial charge in [-0.1, -0.05) is 22.0 Å². The van der Waals surface area contributed by atoms with E-state index in [9.17, 15) is 0 Å². The average Bonchev–Trinajstić information content (AvgIpc) is 2.35. The van der Waals surface area contributed by atoms with Crippen LogP contribution in [0, 0.1) is 18.3 Å². The van der Waals surface area contributed by atoms with E-state index < -0.39 is 0 Å². The molecule has 0 heterocycles. The molecular formula is C14H12BrN3. The number of nitrogens with zero attached hydrogens (tertiary/aromatic N) is 1. The quantitative estimate of drug-likeness (QED) is 0.826. The van der Waals surface area contributed by atoms with E-state index in [2.05, 4.69) is 27.3 Å². The Labute approximate surface area is 114 Å². The molecule has 2 aromatic carbocycles. The summed E-state index contributed by atoms with van der Waals surface area (Å²) in [5, 5.41) is 12.3. The third kappa shape index (κ3) is 2.47. The molecule has 0 spiro atoms. The Bertz CT molecular complexity index is 629. The highest BCUT2D eigenvalue weighted by molar-refractivity contribution is 9.10. The van der Waals surface area contributed by atoms with Crippen molar-refractivity contribution in [1.29, 1.82) is 5.26 Å². The van der Waals surface area contributed by atoms with Gasteiger partial charge in [-0.25, -0.2) is 0 Å². The van der Waals surface area contributed by atoms with Crippen molar-refractivity contribution in [1.82, 2.24) is 0 Å². The summed E-state index contributed by atoms with van der Waals surface area (Å²) < 4.78 is 0.922. The summed E-state index contributed by atoms with van der Waals surface area (Å²) in [5.74, 6) is 0. The van der Waals surface area contributed by atoms with Crippen LogP contribution in [-0.2, 0) is 0 Å². The minimum absolute atomic E-state index is 0.597. The van der Waals surface area contributed by atoms with Crippen molar-refractivity contribution in [3.8, 4) is 6.07 Å². The van der Waals surface area contributed by atoms with Crippen molar-refractivity contribution >= 4 is 33.0 Å². The molecule has 90 valence electrons. The van der Waals surface area contributed by atoms with Crippen molar-refractivity contribution in [3.05, 3.63) is 52.0 Å². The predicted molar refractivity (Wildman–Crippen MR) is 77.7 cm³/mol. The molecule has 0 aliphatic heterocycles. The molecule has 0 atom stereocenters. The fourth-order valence-electron chi connectivity index (χ4n) is 1.65. The normalized spacial score (nSPS) is 9.83. The molecule has 18 heavy (non-hydrogen) atoms. The lowest BCUT2D eigenvalue weighted by molar-refractivity contribution is 1.41. The highest BCUT2D eigenvalue weighted by atomic mass is 79.9. The summed E-state index contributed by atoms with van der Waals surface area (Å²) in [6.07, 6.45) is 0. The predicted octanol–water partition coefficient (Wildman–Crippen LogP) is 3.96. The van der Waals surface area contributed by atoms with E-state index in [-0.39, 0.29) is 0 Å². The lowest BCUT2D eigenvalue weighted by Gasteiger charge is -2.12. The number of nitrogen functional groups attached to an aromatic ring is 1. The van der Waals surface area contributed by atoms with Crippen molar-refractivity contribution in [3.63, 3.8) is 0 Å². The second kappa shape index (κ2) is 5.11. The molecule has 0 bridgehead atoms. The first-order valence-corrected chi connectivity index (χ1v) is 6.23. The molecule has 4 heteroatoms. The molecule has 0 saturated carbocycles. The third-order valence-electron chi connectivity index (χ3n) is 2.75. The maximum atomic E-state index is 9.08. The second-order valence-corrected chi connectivity index (χ2v) is 4.86. The summed E-state index contributed by atoms with van der Waals surface area (Å²) in [4.78, 5) is 0. The van der Waals surface area contributed by atoms with Crippen LogP contribution in [-0.4, -0.2) is 0 Å². The number of rotatable bonds is 2. The van der Waals surface area contributed by atoms with E-state index in [0.29, 0.717) is 5.56 Å². The maximum absolute atomic E-state index is 9.08. The summed E-state index contributed by atoms with van der Waals surface area (Å²) in [7, 11) is 0. The van der Waals surface area contributed by atoms with Gasteiger partial charge in [-0.15, -0.1) is 0 Å². The van der Waals surface area contributed by atoms with Crippen LogP contribution >= 0.6 is 15.9 Å². The highest BCUT2D eigenvalue weighted by Gasteiger charge is 2.06. The molecule has 0 radical (unpaired) electrons. The first-order valence-electron chi connectivity index (χ1n) is 5.43. The standard InChI is InChI=1S/C14H12BrN3/c1-9-12(17)3-2-4-13(9)18-14-7-11(15)6-5-10(14)8-16/h2-7,18H,17H2,1H3. The number of halogens is 1. The topological polar surface area (TPSA) is 61.8 Å². The molecule has 0 aromatic heterocycles. The molecule has 2 rings (SSSR count). The molecule has 0 aliphatic rings. The van der Waals surface area contributed by atoms with Gasteiger partial charge in [0.1, 0.15) is 6.07 Å². The van der Waals surface area contributed by atoms with Gasteiger partial charge in [0.05, 0.1) is 11.3 Å². The summed E-state index contributed by atoms with van der Waals surface area (Å²) >= 11 is 3.40. The number of nitriles is 1. The van der Waals surface area contributed by atoms with Crippen molar-refractivity contribution in [2.75, 3.05) is 11.1 Å². The fourth-order valence-corrected chi connectivity index (χ4v) is 2.01. The van der Waals surface area contributed by atoms with E-state index >= 15 is 0 Å². The van der Waals surface area contributed by atoms with Crippen LogP contribution in [0.15, 0.2) is 40.9 Å². The molecule has 0 aliphatic carbocycles.